The maximum Gasteiger partial charge on any atom is 0.126 e. The van der Waals surface area contributed by atoms with E-state index in [1.165, 1.54) is 44.1 Å². The Hall–Kier alpha value is -2.12. The number of benzene rings is 2. The highest BCUT2D eigenvalue weighted by Crippen LogP contribution is 2.28. The smallest absolute Gasteiger partial charge is 0.126 e. The average Bonchev–Trinajstić information content (AvgIpc) is 2.79. The lowest BCUT2D eigenvalue weighted by Gasteiger charge is -2.47. The van der Waals surface area contributed by atoms with Crippen LogP contribution in [0, 0.1) is 11.8 Å². The van der Waals surface area contributed by atoms with Gasteiger partial charge in [-0.25, -0.2) is 10.0 Å². The summed E-state index contributed by atoms with van der Waals surface area (Å²) < 4.78 is 0. The summed E-state index contributed by atoms with van der Waals surface area (Å²) in [7, 11) is 0. The Labute approximate surface area is 169 Å². The Kier molecular flexibility index (Phi) is 6.78. The van der Waals surface area contributed by atoms with E-state index in [4.69, 9.17) is 0 Å². The van der Waals surface area contributed by atoms with Crippen LogP contribution >= 0.6 is 0 Å². The molecular formula is C25H31N3. The van der Waals surface area contributed by atoms with Crippen LogP contribution in [0.2, 0.25) is 0 Å². The minimum absolute atomic E-state index is 0.0533. The molecular weight excluding hydrogens is 342 g/mol. The summed E-state index contributed by atoms with van der Waals surface area (Å²) in [5.41, 5.74) is 2.36. The Morgan fingerprint density at radius 3 is 1.68 bits per heavy atom. The second-order valence-corrected chi connectivity index (χ2v) is 7.80. The second kappa shape index (κ2) is 9.89. The average molecular weight is 374 g/mol. The van der Waals surface area contributed by atoms with Crippen LogP contribution in [0.4, 0.5) is 0 Å². The molecule has 2 aromatic carbocycles. The molecule has 0 N–H and O–H groups in total. The zero-order chi connectivity index (χ0) is 19.0. The molecule has 0 bridgehead atoms. The van der Waals surface area contributed by atoms with Crippen molar-refractivity contribution in [1.82, 2.24) is 15.1 Å². The summed E-state index contributed by atoms with van der Waals surface area (Å²) in [6.07, 6.45) is 7.79. The van der Waals surface area contributed by atoms with E-state index >= 15 is 0 Å². The first-order valence-electron chi connectivity index (χ1n) is 10.8. The van der Waals surface area contributed by atoms with Gasteiger partial charge in [0.2, 0.25) is 0 Å². The maximum absolute atomic E-state index is 3.64. The lowest BCUT2D eigenvalue weighted by atomic mass is 10.1. The van der Waals surface area contributed by atoms with Crippen LogP contribution < -0.4 is 0 Å². The molecule has 0 saturated carbocycles. The van der Waals surface area contributed by atoms with Gasteiger partial charge >= 0.3 is 0 Å². The van der Waals surface area contributed by atoms with Gasteiger partial charge in [0.1, 0.15) is 6.04 Å². The third-order valence-corrected chi connectivity index (χ3v) is 5.72. The van der Waals surface area contributed by atoms with Crippen LogP contribution in [0.25, 0.3) is 0 Å². The molecule has 146 valence electrons. The predicted octanol–water partition coefficient (Wildman–Crippen LogP) is 4.88. The van der Waals surface area contributed by atoms with Gasteiger partial charge in [-0.3, -0.25) is 0 Å². The maximum atomic E-state index is 3.64. The molecule has 2 fully saturated rings. The number of hydrogen-bond acceptors (Lipinski definition) is 3. The molecule has 2 aliphatic heterocycles. The topological polar surface area (TPSA) is 9.72 Å². The van der Waals surface area contributed by atoms with Crippen LogP contribution in [0.3, 0.4) is 0 Å². The molecule has 3 nitrogen and oxygen atoms in total. The van der Waals surface area contributed by atoms with E-state index in [1.54, 1.807) is 0 Å². The molecule has 0 amide bonds. The highest BCUT2D eigenvalue weighted by atomic mass is 15.9. The first kappa shape index (κ1) is 19.2. The molecule has 4 rings (SSSR count). The summed E-state index contributed by atoms with van der Waals surface area (Å²) in [6, 6.07) is 21.2. The highest BCUT2D eigenvalue weighted by Gasteiger charge is 2.31. The SMILES string of the molecule is C(#CC(c1ccccc1)N(N1CCCCC1)N1CCCCC1)c1ccccc1. The largest absolute Gasteiger partial charge is 0.226 e. The predicted molar refractivity (Wildman–Crippen MR) is 115 cm³/mol. The van der Waals surface area contributed by atoms with Gasteiger partial charge in [0.05, 0.1) is 0 Å². The van der Waals surface area contributed by atoms with Gasteiger partial charge < -0.3 is 0 Å². The van der Waals surface area contributed by atoms with Crippen molar-refractivity contribution >= 4 is 0 Å². The molecule has 3 heteroatoms. The van der Waals surface area contributed by atoms with Gasteiger partial charge in [-0.05, 0) is 43.4 Å². The van der Waals surface area contributed by atoms with Gasteiger partial charge in [0.15, 0.2) is 0 Å². The lowest BCUT2D eigenvalue weighted by molar-refractivity contribution is -0.214. The first-order valence-corrected chi connectivity index (χ1v) is 10.8. The summed E-state index contributed by atoms with van der Waals surface area (Å²) in [5, 5.41) is 7.64. The molecule has 1 atom stereocenters. The van der Waals surface area contributed by atoms with Crippen molar-refractivity contribution in [3.8, 4) is 11.8 Å². The van der Waals surface area contributed by atoms with Gasteiger partial charge in [-0.15, -0.1) is 0 Å². The zero-order valence-corrected chi connectivity index (χ0v) is 16.8. The minimum atomic E-state index is 0.0533. The fourth-order valence-electron chi connectivity index (χ4n) is 4.25. The van der Waals surface area contributed by atoms with Crippen LogP contribution in [-0.4, -0.2) is 41.3 Å². The third kappa shape index (κ3) is 4.83. The fourth-order valence-corrected chi connectivity index (χ4v) is 4.25. The van der Waals surface area contributed by atoms with Crippen LogP contribution in [0.15, 0.2) is 60.7 Å². The monoisotopic (exact) mass is 373 g/mol. The van der Waals surface area contributed by atoms with Crippen molar-refractivity contribution in [2.24, 2.45) is 0 Å². The van der Waals surface area contributed by atoms with Gasteiger partial charge in [-0.1, -0.05) is 73.2 Å². The molecule has 0 spiro atoms. The van der Waals surface area contributed by atoms with Crippen molar-refractivity contribution in [2.75, 3.05) is 26.2 Å². The highest BCUT2D eigenvalue weighted by molar-refractivity contribution is 5.37. The number of rotatable bonds is 4. The van der Waals surface area contributed by atoms with Crippen molar-refractivity contribution in [3.05, 3.63) is 71.8 Å². The molecule has 2 aliphatic rings. The van der Waals surface area contributed by atoms with Crippen molar-refractivity contribution in [1.29, 1.82) is 0 Å². The fraction of sp³-hybridized carbons (Fsp3) is 0.440. The molecule has 0 radical (unpaired) electrons. The molecule has 0 aromatic heterocycles. The van der Waals surface area contributed by atoms with Crippen molar-refractivity contribution in [3.63, 3.8) is 0 Å². The Balaban J connectivity index is 1.70. The van der Waals surface area contributed by atoms with E-state index in [9.17, 15) is 0 Å². The number of hydrogen-bond donors (Lipinski definition) is 0. The Bertz CT molecular complexity index is 748. The summed E-state index contributed by atoms with van der Waals surface area (Å²) in [6.45, 7) is 4.53. The number of piperidine rings is 2. The molecule has 0 aliphatic carbocycles. The molecule has 2 saturated heterocycles. The first-order chi connectivity index (χ1) is 13.9. The lowest BCUT2D eigenvalue weighted by Crippen LogP contribution is -2.57. The second-order valence-electron chi connectivity index (χ2n) is 7.80. The quantitative estimate of drug-likeness (QED) is 0.707. The summed E-state index contributed by atoms with van der Waals surface area (Å²) in [4.78, 5) is 0. The van der Waals surface area contributed by atoms with Gasteiger partial charge in [0.25, 0.3) is 0 Å². The molecule has 1 unspecified atom stereocenters. The normalized spacial score (nSPS) is 19.8. The molecule has 2 heterocycles. The van der Waals surface area contributed by atoms with E-state index in [-0.39, 0.29) is 6.04 Å². The minimum Gasteiger partial charge on any atom is -0.226 e. The van der Waals surface area contributed by atoms with E-state index in [0.29, 0.717) is 0 Å². The van der Waals surface area contributed by atoms with E-state index in [1.807, 2.05) is 6.07 Å². The Morgan fingerprint density at radius 1 is 0.643 bits per heavy atom. The van der Waals surface area contributed by atoms with E-state index < -0.39 is 0 Å². The number of nitrogens with zero attached hydrogens (tertiary/aromatic N) is 3. The van der Waals surface area contributed by atoms with Crippen molar-refractivity contribution in [2.45, 2.75) is 44.6 Å². The Morgan fingerprint density at radius 2 is 1.14 bits per heavy atom. The summed E-state index contributed by atoms with van der Waals surface area (Å²) >= 11 is 0. The van der Waals surface area contributed by atoms with Crippen LogP contribution in [-0.2, 0) is 0 Å². The summed E-state index contributed by atoms with van der Waals surface area (Å²) in [5.74, 6) is 7.10. The van der Waals surface area contributed by atoms with E-state index in [2.05, 4.69) is 81.6 Å². The van der Waals surface area contributed by atoms with Crippen molar-refractivity contribution < 1.29 is 0 Å². The van der Waals surface area contributed by atoms with Crippen LogP contribution in [0.1, 0.15) is 55.7 Å². The van der Waals surface area contributed by atoms with Crippen LogP contribution in [0.5, 0.6) is 0 Å². The molecule has 28 heavy (non-hydrogen) atoms. The molecule has 2 aromatic rings. The van der Waals surface area contributed by atoms with Gasteiger partial charge in [-0.2, -0.15) is 5.12 Å². The third-order valence-electron chi connectivity index (χ3n) is 5.72. The van der Waals surface area contributed by atoms with E-state index in [0.717, 1.165) is 31.7 Å². The zero-order valence-electron chi connectivity index (χ0n) is 16.8. The number of hydrazine groups is 2. The van der Waals surface area contributed by atoms with Gasteiger partial charge in [0, 0.05) is 31.7 Å². The standard InChI is InChI=1S/C25H31N3/c1-5-13-23(14-6-1)17-18-25(24-15-7-2-8-16-24)28(26-19-9-3-10-20-26)27-21-11-4-12-22-27/h1-2,5-8,13-16,25H,3-4,9-12,19-22H2.